The number of para-hydroxylation sites is 1. The molecule has 0 spiro atoms. The van der Waals surface area contributed by atoms with Crippen molar-refractivity contribution in [2.45, 2.75) is 33.2 Å². The maximum absolute atomic E-state index is 5.18. The summed E-state index contributed by atoms with van der Waals surface area (Å²) in [5, 5.41) is 4.73. The van der Waals surface area contributed by atoms with E-state index < -0.39 is 0 Å². The van der Waals surface area contributed by atoms with Crippen LogP contribution in [0.2, 0.25) is 0 Å². The summed E-state index contributed by atoms with van der Waals surface area (Å²) in [5.41, 5.74) is 3.60. The van der Waals surface area contributed by atoms with Crippen molar-refractivity contribution < 1.29 is 4.74 Å². The fourth-order valence-electron chi connectivity index (χ4n) is 2.34. The van der Waals surface area contributed by atoms with Crippen molar-refractivity contribution in [3.05, 3.63) is 45.4 Å². The molecular weight excluding hydrogens is 268 g/mol. The maximum Gasteiger partial charge on any atom is 0.0900 e. The number of anilines is 1. The van der Waals surface area contributed by atoms with Crippen LogP contribution in [-0.2, 0) is 11.2 Å². The van der Waals surface area contributed by atoms with Crippen molar-refractivity contribution in [1.82, 2.24) is 4.98 Å². The molecule has 1 aromatic carbocycles. The van der Waals surface area contributed by atoms with E-state index in [0.717, 1.165) is 23.7 Å². The fourth-order valence-corrected chi connectivity index (χ4v) is 3.27. The number of hydrogen-bond donors (Lipinski definition) is 1. The number of rotatable bonds is 6. The van der Waals surface area contributed by atoms with E-state index in [1.165, 1.54) is 16.1 Å². The molecule has 2 rings (SSSR count). The molecule has 1 N–H and O–H groups in total. The van der Waals surface area contributed by atoms with Crippen molar-refractivity contribution in [2.75, 3.05) is 19.0 Å². The Morgan fingerprint density at radius 3 is 2.70 bits per heavy atom. The summed E-state index contributed by atoms with van der Waals surface area (Å²) >= 11 is 1.77. The molecule has 3 nitrogen and oxygen atoms in total. The maximum atomic E-state index is 5.18. The zero-order chi connectivity index (χ0) is 14.5. The van der Waals surface area contributed by atoms with Crippen LogP contribution in [0.1, 0.15) is 34.1 Å². The van der Waals surface area contributed by atoms with Gasteiger partial charge in [0.25, 0.3) is 0 Å². The molecule has 0 aliphatic heterocycles. The third-order valence-corrected chi connectivity index (χ3v) is 4.55. The van der Waals surface area contributed by atoms with E-state index in [0.29, 0.717) is 0 Å². The third-order valence-electron chi connectivity index (χ3n) is 3.30. The number of hydrogen-bond acceptors (Lipinski definition) is 4. The van der Waals surface area contributed by atoms with Gasteiger partial charge in [0.1, 0.15) is 0 Å². The number of benzene rings is 1. The quantitative estimate of drug-likeness (QED) is 0.869. The Labute approximate surface area is 125 Å². The Bertz CT molecular complexity index is 565. The Morgan fingerprint density at radius 2 is 2.05 bits per heavy atom. The van der Waals surface area contributed by atoms with Crippen LogP contribution in [0, 0.1) is 13.8 Å². The zero-order valence-electron chi connectivity index (χ0n) is 12.6. The number of nitrogens with one attached hydrogen (secondary N) is 1. The number of ether oxygens (including phenoxy) is 1. The summed E-state index contributed by atoms with van der Waals surface area (Å²) < 4.78 is 5.18. The minimum absolute atomic E-state index is 0.268. The second-order valence-corrected chi connectivity index (χ2v) is 6.18. The van der Waals surface area contributed by atoms with Gasteiger partial charge in [-0.15, -0.1) is 11.3 Å². The Kier molecular flexibility index (Phi) is 5.15. The molecule has 0 amide bonds. The smallest absolute Gasteiger partial charge is 0.0900 e. The molecule has 0 saturated heterocycles. The number of aromatic nitrogens is 1. The molecule has 108 valence electrons. The predicted molar refractivity (Wildman–Crippen MR) is 85.6 cm³/mol. The highest BCUT2D eigenvalue weighted by molar-refractivity contribution is 7.11. The van der Waals surface area contributed by atoms with Crippen LogP contribution < -0.4 is 5.32 Å². The van der Waals surface area contributed by atoms with Crippen molar-refractivity contribution >= 4 is 17.0 Å². The van der Waals surface area contributed by atoms with Gasteiger partial charge in [-0.1, -0.05) is 18.2 Å². The van der Waals surface area contributed by atoms with Gasteiger partial charge in [0.15, 0.2) is 0 Å². The molecule has 0 aliphatic rings. The van der Waals surface area contributed by atoms with Crippen LogP contribution in [0.15, 0.2) is 24.3 Å². The second kappa shape index (κ2) is 6.86. The molecule has 0 radical (unpaired) electrons. The van der Waals surface area contributed by atoms with Crippen LogP contribution in [0.3, 0.4) is 0 Å². The molecule has 0 fully saturated rings. The molecule has 1 heterocycles. The van der Waals surface area contributed by atoms with Crippen LogP contribution >= 0.6 is 11.3 Å². The standard InChI is InChI=1S/C16H22N2OS/c1-11-16(20-13(3)17-11)12(2)18-15-8-6-5-7-14(15)9-10-19-4/h5-8,12,18H,9-10H2,1-4H3. The summed E-state index contributed by atoms with van der Waals surface area (Å²) in [6.07, 6.45) is 0.924. The van der Waals surface area contributed by atoms with Gasteiger partial charge in [-0.3, -0.25) is 0 Å². The van der Waals surface area contributed by atoms with Crippen molar-refractivity contribution in [3.63, 3.8) is 0 Å². The molecule has 1 unspecified atom stereocenters. The van der Waals surface area contributed by atoms with E-state index >= 15 is 0 Å². The number of nitrogens with zero attached hydrogens (tertiary/aromatic N) is 1. The Balaban J connectivity index is 2.15. The first-order valence-corrected chi connectivity index (χ1v) is 7.70. The molecule has 4 heteroatoms. The van der Waals surface area contributed by atoms with Crippen LogP contribution in [0.4, 0.5) is 5.69 Å². The van der Waals surface area contributed by atoms with E-state index in [-0.39, 0.29) is 6.04 Å². The minimum Gasteiger partial charge on any atom is -0.384 e. The summed E-state index contributed by atoms with van der Waals surface area (Å²) in [6, 6.07) is 8.69. The van der Waals surface area contributed by atoms with Crippen LogP contribution in [0.5, 0.6) is 0 Å². The average molecular weight is 290 g/mol. The lowest BCUT2D eigenvalue weighted by molar-refractivity contribution is 0.202. The van der Waals surface area contributed by atoms with Gasteiger partial charge in [-0.25, -0.2) is 4.98 Å². The number of methoxy groups -OCH3 is 1. The molecule has 2 aromatic rings. The van der Waals surface area contributed by atoms with Crippen LogP contribution in [-0.4, -0.2) is 18.7 Å². The average Bonchev–Trinajstić information content (AvgIpc) is 2.77. The number of thiazole rings is 1. The largest absolute Gasteiger partial charge is 0.384 e. The highest BCUT2D eigenvalue weighted by atomic mass is 32.1. The Hall–Kier alpha value is -1.39. The SMILES string of the molecule is COCCc1ccccc1NC(C)c1sc(C)nc1C. The van der Waals surface area contributed by atoms with Crippen LogP contribution in [0.25, 0.3) is 0 Å². The van der Waals surface area contributed by atoms with Crippen molar-refractivity contribution in [3.8, 4) is 0 Å². The molecule has 1 aromatic heterocycles. The summed E-state index contributed by atoms with van der Waals surface area (Å²) in [6.45, 7) is 7.06. The summed E-state index contributed by atoms with van der Waals surface area (Å²) in [5.74, 6) is 0. The normalized spacial score (nSPS) is 12.4. The van der Waals surface area contributed by atoms with E-state index in [9.17, 15) is 0 Å². The number of aryl methyl sites for hydroxylation is 2. The lowest BCUT2D eigenvalue weighted by Gasteiger charge is -2.17. The van der Waals surface area contributed by atoms with Crippen molar-refractivity contribution in [2.24, 2.45) is 0 Å². The van der Waals surface area contributed by atoms with Gasteiger partial charge in [0, 0.05) is 17.7 Å². The lowest BCUT2D eigenvalue weighted by Crippen LogP contribution is -2.09. The predicted octanol–water partition coefficient (Wildman–Crippen LogP) is 4.12. The second-order valence-electron chi connectivity index (χ2n) is 4.95. The van der Waals surface area contributed by atoms with E-state index in [1.807, 2.05) is 0 Å². The molecule has 0 aliphatic carbocycles. The highest BCUT2D eigenvalue weighted by Gasteiger charge is 2.14. The third kappa shape index (κ3) is 3.58. The van der Waals surface area contributed by atoms with E-state index in [4.69, 9.17) is 4.74 Å². The van der Waals surface area contributed by atoms with Gasteiger partial charge in [-0.2, -0.15) is 0 Å². The molecule has 1 atom stereocenters. The first-order valence-electron chi connectivity index (χ1n) is 6.89. The molecule has 0 saturated carbocycles. The van der Waals surface area contributed by atoms with Gasteiger partial charge in [-0.05, 0) is 38.8 Å². The van der Waals surface area contributed by atoms with Gasteiger partial charge >= 0.3 is 0 Å². The van der Waals surface area contributed by atoms with E-state index in [2.05, 4.69) is 55.3 Å². The topological polar surface area (TPSA) is 34.1 Å². The first kappa shape index (κ1) is 15.0. The monoisotopic (exact) mass is 290 g/mol. The minimum atomic E-state index is 0.268. The first-order chi connectivity index (χ1) is 9.61. The summed E-state index contributed by atoms with van der Waals surface area (Å²) in [4.78, 5) is 5.81. The van der Waals surface area contributed by atoms with Gasteiger partial charge in [0.05, 0.1) is 23.4 Å². The van der Waals surface area contributed by atoms with Gasteiger partial charge in [0.2, 0.25) is 0 Å². The molecule has 20 heavy (non-hydrogen) atoms. The lowest BCUT2D eigenvalue weighted by atomic mass is 10.1. The highest BCUT2D eigenvalue weighted by Crippen LogP contribution is 2.28. The fraction of sp³-hybridized carbons (Fsp3) is 0.438. The molecule has 0 bridgehead atoms. The van der Waals surface area contributed by atoms with Crippen molar-refractivity contribution in [1.29, 1.82) is 0 Å². The molecular formula is C16H22N2OS. The zero-order valence-corrected chi connectivity index (χ0v) is 13.4. The van der Waals surface area contributed by atoms with Gasteiger partial charge < -0.3 is 10.1 Å². The Morgan fingerprint density at radius 1 is 1.30 bits per heavy atom. The summed E-state index contributed by atoms with van der Waals surface area (Å²) in [7, 11) is 1.74. The van der Waals surface area contributed by atoms with E-state index in [1.54, 1.807) is 18.4 Å².